The van der Waals surface area contributed by atoms with E-state index in [1.165, 1.54) is 18.2 Å². The van der Waals surface area contributed by atoms with Crippen LogP contribution in [-0.4, -0.2) is 13.2 Å². The Morgan fingerprint density at radius 2 is 1.80 bits per heavy atom. The summed E-state index contributed by atoms with van der Waals surface area (Å²) in [7, 11) is 0. The van der Waals surface area contributed by atoms with E-state index in [0.717, 1.165) is 17.9 Å². The van der Waals surface area contributed by atoms with E-state index in [0.29, 0.717) is 30.3 Å². The largest absolute Gasteiger partial charge is 0.490 e. The van der Waals surface area contributed by atoms with Gasteiger partial charge in [-0.2, -0.15) is 0 Å². The van der Waals surface area contributed by atoms with Crippen LogP contribution in [0.25, 0.3) is 0 Å². The van der Waals surface area contributed by atoms with Crippen LogP contribution < -0.4 is 20.5 Å². The zero-order chi connectivity index (χ0) is 13.9. The van der Waals surface area contributed by atoms with Crippen molar-refractivity contribution in [2.24, 2.45) is 0 Å². The molecule has 4 nitrogen and oxygen atoms in total. The summed E-state index contributed by atoms with van der Waals surface area (Å²) >= 11 is 0. The number of anilines is 3. The highest BCUT2D eigenvalue weighted by Gasteiger charge is 2.11. The first-order chi connectivity index (χ1) is 9.72. The molecule has 0 saturated carbocycles. The van der Waals surface area contributed by atoms with Crippen LogP contribution in [0.15, 0.2) is 36.4 Å². The Labute approximate surface area is 116 Å². The molecule has 0 aliphatic carbocycles. The predicted octanol–water partition coefficient (Wildman–Crippen LogP) is 3.31. The molecule has 1 heterocycles. The molecule has 0 aromatic heterocycles. The molecular formula is C15H15FN2O2. The molecule has 0 fully saturated rings. The Morgan fingerprint density at radius 1 is 1.00 bits per heavy atom. The predicted molar refractivity (Wildman–Crippen MR) is 76.1 cm³/mol. The van der Waals surface area contributed by atoms with Gasteiger partial charge < -0.3 is 20.5 Å². The highest BCUT2D eigenvalue weighted by molar-refractivity contribution is 5.73. The first-order valence-electron chi connectivity index (χ1n) is 6.44. The molecule has 0 unspecified atom stereocenters. The van der Waals surface area contributed by atoms with Crippen molar-refractivity contribution in [3.63, 3.8) is 0 Å². The van der Waals surface area contributed by atoms with Crippen LogP contribution in [0.2, 0.25) is 0 Å². The van der Waals surface area contributed by atoms with Crippen LogP contribution in [0.4, 0.5) is 21.5 Å². The Kier molecular flexibility index (Phi) is 3.33. The number of hydrogen-bond acceptors (Lipinski definition) is 4. The third-order valence-corrected chi connectivity index (χ3v) is 3.04. The molecule has 2 aromatic carbocycles. The SMILES string of the molecule is Nc1ccc(F)cc1Nc1ccc2c(c1)OCCCO2. The third kappa shape index (κ3) is 2.61. The second-order valence-corrected chi connectivity index (χ2v) is 4.57. The number of nitrogens with one attached hydrogen (secondary N) is 1. The molecule has 5 heteroatoms. The van der Waals surface area contributed by atoms with Crippen molar-refractivity contribution in [2.75, 3.05) is 24.3 Å². The Hall–Kier alpha value is -2.43. The molecule has 3 N–H and O–H groups in total. The maximum atomic E-state index is 13.2. The minimum Gasteiger partial charge on any atom is -0.490 e. The number of rotatable bonds is 2. The molecular weight excluding hydrogens is 259 g/mol. The number of hydrogen-bond donors (Lipinski definition) is 2. The normalized spacial score (nSPS) is 13.7. The van der Waals surface area contributed by atoms with Crippen LogP contribution >= 0.6 is 0 Å². The Bertz CT molecular complexity index is 631. The van der Waals surface area contributed by atoms with Crippen LogP contribution in [0.5, 0.6) is 11.5 Å². The average Bonchev–Trinajstić information content (AvgIpc) is 2.67. The number of nitrogen functional groups attached to an aromatic ring is 1. The summed E-state index contributed by atoms with van der Waals surface area (Å²) in [5.41, 5.74) is 7.60. The van der Waals surface area contributed by atoms with Gasteiger partial charge in [0.1, 0.15) is 5.82 Å². The summed E-state index contributed by atoms with van der Waals surface area (Å²) in [6.45, 7) is 1.27. The van der Waals surface area contributed by atoms with E-state index in [1.54, 1.807) is 0 Å². The second kappa shape index (κ2) is 5.28. The van der Waals surface area contributed by atoms with Crippen molar-refractivity contribution >= 4 is 17.1 Å². The summed E-state index contributed by atoms with van der Waals surface area (Å²) in [5, 5.41) is 3.08. The summed E-state index contributed by atoms with van der Waals surface area (Å²) in [5.74, 6) is 1.07. The van der Waals surface area contributed by atoms with Gasteiger partial charge in [0.05, 0.1) is 24.6 Å². The van der Waals surface area contributed by atoms with E-state index >= 15 is 0 Å². The van der Waals surface area contributed by atoms with E-state index in [-0.39, 0.29) is 5.82 Å². The van der Waals surface area contributed by atoms with Gasteiger partial charge in [0.15, 0.2) is 11.5 Å². The number of fused-ring (bicyclic) bond motifs is 1. The minimum atomic E-state index is -0.337. The zero-order valence-corrected chi connectivity index (χ0v) is 10.9. The van der Waals surface area contributed by atoms with Gasteiger partial charge in [-0.05, 0) is 30.3 Å². The van der Waals surface area contributed by atoms with Gasteiger partial charge in [0.25, 0.3) is 0 Å². The van der Waals surface area contributed by atoms with Crippen molar-refractivity contribution in [3.8, 4) is 11.5 Å². The lowest BCUT2D eigenvalue weighted by atomic mass is 10.2. The molecule has 104 valence electrons. The highest BCUT2D eigenvalue weighted by atomic mass is 19.1. The van der Waals surface area contributed by atoms with E-state index in [9.17, 15) is 4.39 Å². The van der Waals surface area contributed by atoms with Gasteiger partial charge in [0, 0.05) is 18.2 Å². The summed E-state index contributed by atoms with van der Waals surface area (Å²) < 4.78 is 24.4. The van der Waals surface area contributed by atoms with E-state index in [2.05, 4.69) is 5.32 Å². The summed E-state index contributed by atoms with van der Waals surface area (Å²) in [6.07, 6.45) is 0.855. The van der Waals surface area contributed by atoms with Crippen molar-refractivity contribution in [1.82, 2.24) is 0 Å². The van der Waals surface area contributed by atoms with E-state index in [4.69, 9.17) is 15.2 Å². The maximum Gasteiger partial charge on any atom is 0.163 e. The second-order valence-electron chi connectivity index (χ2n) is 4.57. The molecule has 0 spiro atoms. The van der Waals surface area contributed by atoms with Gasteiger partial charge in [-0.3, -0.25) is 0 Å². The fourth-order valence-corrected chi connectivity index (χ4v) is 2.03. The van der Waals surface area contributed by atoms with E-state index in [1.807, 2.05) is 18.2 Å². The zero-order valence-electron chi connectivity index (χ0n) is 10.9. The van der Waals surface area contributed by atoms with Crippen molar-refractivity contribution in [1.29, 1.82) is 0 Å². The monoisotopic (exact) mass is 274 g/mol. The van der Waals surface area contributed by atoms with Crippen LogP contribution in [0.3, 0.4) is 0 Å². The number of ether oxygens (including phenoxy) is 2. The van der Waals surface area contributed by atoms with Crippen LogP contribution in [0.1, 0.15) is 6.42 Å². The molecule has 0 amide bonds. The Balaban J connectivity index is 1.87. The van der Waals surface area contributed by atoms with Crippen molar-refractivity contribution in [3.05, 3.63) is 42.2 Å². The first kappa shape index (κ1) is 12.6. The molecule has 2 aromatic rings. The maximum absolute atomic E-state index is 13.2. The molecule has 1 aliphatic heterocycles. The molecule has 0 radical (unpaired) electrons. The lowest BCUT2D eigenvalue weighted by molar-refractivity contribution is 0.297. The van der Waals surface area contributed by atoms with Gasteiger partial charge >= 0.3 is 0 Å². The third-order valence-electron chi connectivity index (χ3n) is 3.04. The molecule has 1 aliphatic rings. The topological polar surface area (TPSA) is 56.5 Å². The fourth-order valence-electron chi connectivity index (χ4n) is 2.03. The molecule has 3 rings (SSSR count). The summed E-state index contributed by atoms with van der Waals surface area (Å²) in [6, 6.07) is 9.72. The average molecular weight is 274 g/mol. The standard InChI is InChI=1S/C15H15FN2O2/c16-10-2-4-12(17)13(8-10)18-11-3-5-14-15(9-11)20-7-1-6-19-14/h2-5,8-9,18H,1,6-7,17H2. The van der Waals surface area contributed by atoms with Gasteiger partial charge in [-0.25, -0.2) is 4.39 Å². The lowest BCUT2D eigenvalue weighted by Gasteiger charge is -2.12. The van der Waals surface area contributed by atoms with Crippen LogP contribution in [0, 0.1) is 5.82 Å². The smallest absolute Gasteiger partial charge is 0.163 e. The molecule has 0 atom stereocenters. The fraction of sp³-hybridized carbons (Fsp3) is 0.200. The van der Waals surface area contributed by atoms with Crippen molar-refractivity contribution in [2.45, 2.75) is 6.42 Å². The number of benzene rings is 2. The first-order valence-corrected chi connectivity index (χ1v) is 6.44. The molecule has 0 bridgehead atoms. The van der Waals surface area contributed by atoms with E-state index < -0.39 is 0 Å². The number of halogens is 1. The minimum absolute atomic E-state index is 0.337. The van der Waals surface area contributed by atoms with Gasteiger partial charge in [-0.1, -0.05) is 0 Å². The molecule has 20 heavy (non-hydrogen) atoms. The lowest BCUT2D eigenvalue weighted by Crippen LogP contribution is -1.98. The van der Waals surface area contributed by atoms with Gasteiger partial charge in [-0.15, -0.1) is 0 Å². The van der Waals surface area contributed by atoms with Crippen molar-refractivity contribution < 1.29 is 13.9 Å². The highest BCUT2D eigenvalue weighted by Crippen LogP contribution is 2.34. The quantitative estimate of drug-likeness (QED) is 0.825. The molecule has 0 saturated heterocycles. The Morgan fingerprint density at radius 3 is 2.65 bits per heavy atom. The van der Waals surface area contributed by atoms with Gasteiger partial charge in [0.2, 0.25) is 0 Å². The summed E-state index contributed by atoms with van der Waals surface area (Å²) in [4.78, 5) is 0. The van der Waals surface area contributed by atoms with Crippen LogP contribution in [-0.2, 0) is 0 Å². The number of nitrogens with two attached hydrogens (primary N) is 1.